The summed E-state index contributed by atoms with van der Waals surface area (Å²) < 4.78 is 28.2. The van der Waals surface area contributed by atoms with E-state index in [1.807, 2.05) is 50.2 Å². The van der Waals surface area contributed by atoms with Gasteiger partial charge in [-0.15, -0.1) is 0 Å². The highest BCUT2D eigenvalue weighted by Gasteiger charge is 2.25. The van der Waals surface area contributed by atoms with Gasteiger partial charge in [0.05, 0.1) is 4.90 Å². The number of amides is 2. The molecule has 1 aliphatic rings. The Balaban J connectivity index is 1.39. The first-order chi connectivity index (χ1) is 16.7. The van der Waals surface area contributed by atoms with E-state index in [4.69, 9.17) is 0 Å². The number of carbonyl (C=O) groups is 2. The molecule has 1 heterocycles. The van der Waals surface area contributed by atoms with Crippen molar-refractivity contribution in [1.29, 1.82) is 0 Å². The summed E-state index contributed by atoms with van der Waals surface area (Å²) in [6.07, 6.45) is 1.12. The van der Waals surface area contributed by atoms with Crippen LogP contribution in [0.4, 0.5) is 11.4 Å². The molecule has 0 atom stereocenters. The van der Waals surface area contributed by atoms with Crippen molar-refractivity contribution in [2.24, 2.45) is 5.92 Å². The van der Waals surface area contributed by atoms with Gasteiger partial charge < -0.3 is 10.2 Å². The summed E-state index contributed by atoms with van der Waals surface area (Å²) in [5.41, 5.74) is 3.90. The zero-order valence-corrected chi connectivity index (χ0v) is 20.6. The maximum atomic E-state index is 12.8. The summed E-state index contributed by atoms with van der Waals surface area (Å²) in [6.45, 7) is 4.65. The van der Waals surface area contributed by atoms with Crippen LogP contribution in [0.25, 0.3) is 0 Å². The molecule has 7 nitrogen and oxygen atoms in total. The van der Waals surface area contributed by atoms with Crippen LogP contribution in [0.5, 0.6) is 0 Å². The van der Waals surface area contributed by atoms with Crippen LogP contribution in [-0.4, -0.2) is 26.8 Å². The van der Waals surface area contributed by atoms with Gasteiger partial charge in [-0.3, -0.25) is 9.59 Å². The van der Waals surface area contributed by atoms with Crippen LogP contribution in [0.2, 0.25) is 0 Å². The molecule has 1 aliphatic heterocycles. The molecule has 0 spiro atoms. The molecule has 0 radical (unpaired) electrons. The molecule has 0 saturated heterocycles. The second-order valence-electron chi connectivity index (χ2n) is 9.03. The Morgan fingerprint density at radius 1 is 0.971 bits per heavy atom. The molecular weight excluding hydrogens is 462 g/mol. The molecule has 2 N–H and O–H groups in total. The van der Waals surface area contributed by atoms with Crippen molar-refractivity contribution in [2.75, 3.05) is 16.8 Å². The number of sulfonamides is 1. The van der Waals surface area contributed by atoms with Crippen molar-refractivity contribution in [3.05, 3.63) is 89.5 Å². The average Bonchev–Trinajstić information content (AvgIpc) is 3.26. The molecule has 0 fully saturated rings. The number of hydrogen-bond acceptors (Lipinski definition) is 4. The van der Waals surface area contributed by atoms with E-state index in [1.165, 1.54) is 12.1 Å². The summed E-state index contributed by atoms with van der Waals surface area (Å²) in [5.74, 6) is 0.0986. The molecule has 3 aromatic carbocycles. The largest absolute Gasteiger partial charge is 0.326 e. The van der Waals surface area contributed by atoms with Crippen LogP contribution in [0.15, 0.2) is 77.7 Å². The van der Waals surface area contributed by atoms with Gasteiger partial charge in [-0.05, 0) is 65.9 Å². The van der Waals surface area contributed by atoms with Crippen molar-refractivity contribution in [3.63, 3.8) is 0 Å². The predicted octanol–water partition coefficient (Wildman–Crippen LogP) is 4.35. The maximum Gasteiger partial charge on any atom is 0.258 e. The third-order valence-corrected chi connectivity index (χ3v) is 7.23. The Labute approximate surface area is 206 Å². The van der Waals surface area contributed by atoms with E-state index in [0.29, 0.717) is 24.2 Å². The van der Waals surface area contributed by atoms with Crippen LogP contribution in [0.3, 0.4) is 0 Å². The smallest absolute Gasteiger partial charge is 0.258 e. The summed E-state index contributed by atoms with van der Waals surface area (Å²) >= 11 is 0. The van der Waals surface area contributed by atoms with Crippen LogP contribution in [0, 0.1) is 5.92 Å². The normalized spacial score (nSPS) is 13.1. The molecule has 4 rings (SSSR count). The topological polar surface area (TPSA) is 95.6 Å². The third-order valence-electron chi connectivity index (χ3n) is 5.81. The first kappa shape index (κ1) is 24.6. The Hall–Kier alpha value is -3.49. The van der Waals surface area contributed by atoms with Crippen LogP contribution >= 0.6 is 0 Å². The summed E-state index contributed by atoms with van der Waals surface area (Å²) in [6, 6.07) is 20.9. The molecular formula is C27H29N3O4S. The number of hydrogen-bond donors (Lipinski definition) is 2. The molecule has 0 saturated carbocycles. The van der Waals surface area contributed by atoms with Crippen LogP contribution in [0.1, 0.15) is 41.8 Å². The number of nitrogens with zero attached hydrogens (tertiary/aromatic N) is 1. The zero-order valence-electron chi connectivity index (χ0n) is 19.8. The van der Waals surface area contributed by atoms with E-state index in [9.17, 15) is 18.0 Å². The van der Waals surface area contributed by atoms with E-state index >= 15 is 0 Å². The van der Waals surface area contributed by atoms with Gasteiger partial charge in [-0.1, -0.05) is 44.2 Å². The first-order valence-corrected chi connectivity index (χ1v) is 13.1. The molecule has 0 aromatic heterocycles. The zero-order chi connectivity index (χ0) is 25.0. The highest BCUT2D eigenvalue weighted by molar-refractivity contribution is 7.89. The summed E-state index contributed by atoms with van der Waals surface area (Å²) in [4.78, 5) is 26.6. The fourth-order valence-corrected chi connectivity index (χ4v) is 5.09. The number of anilines is 2. The quantitative estimate of drug-likeness (QED) is 0.490. The number of nitrogens with one attached hydrogen (secondary N) is 2. The fraction of sp³-hybridized carbons (Fsp3) is 0.259. The van der Waals surface area contributed by atoms with Crippen molar-refractivity contribution in [2.45, 2.75) is 38.1 Å². The van der Waals surface area contributed by atoms with E-state index in [1.54, 1.807) is 29.2 Å². The minimum absolute atomic E-state index is 0.0401. The van der Waals surface area contributed by atoms with Gasteiger partial charge in [0.1, 0.15) is 0 Å². The lowest BCUT2D eigenvalue weighted by molar-refractivity contribution is -0.116. The van der Waals surface area contributed by atoms with Gasteiger partial charge >= 0.3 is 0 Å². The predicted molar refractivity (Wildman–Crippen MR) is 137 cm³/mol. The fourth-order valence-electron chi connectivity index (χ4n) is 4.07. The lowest BCUT2D eigenvalue weighted by Gasteiger charge is -2.17. The van der Waals surface area contributed by atoms with Gasteiger partial charge in [0.25, 0.3) is 5.91 Å². The second-order valence-corrected chi connectivity index (χ2v) is 10.8. The summed E-state index contributed by atoms with van der Waals surface area (Å²) in [7, 11) is -3.72. The number of carbonyl (C=O) groups excluding carboxylic acids is 2. The van der Waals surface area contributed by atoms with Gasteiger partial charge in [0.15, 0.2) is 0 Å². The molecule has 35 heavy (non-hydrogen) atoms. The van der Waals surface area contributed by atoms with Crippen LogP contribution < -0.4 is 14.9 Å². The van der Waals surface area contributed by atoms with E-state index in [-0.39, 0.29) is 29.2 Å². The standard InChI is InChI=1S/C27H29N3O4S/c1-19(2)16-26(31)29-23-9-11-24(12-10-23)35(33,34)28-18-20-8-13-25-22(17-20)14-15-30(25)27(32)21-6-4-3-5-7-21/h3-13,17,19,28H,14-16,18H2,1-2H3,(H,29,31). The minimum Gasteiger partial charge on any atom is -0.326 e. The average molecular weight is 492 g/mol. The molecule has 0 bridgehead atoms. The lowest BCUT2D eigenvalue weighted by atomic mass is 10.1. The Morgan fingerprint density at radius 3 is 2.37 bits per heavy atom. The molecule has 0 unspecified atom stereocenters. The molecule has 3 aromatic rings. The van der Waals surface area contributed by atoms with E-state index in [2.05, 4.69) is 10.0 Å². The minimum atomic E-state index is -3.72. The first-order valence-electron chi connectivity index (χ1n) is 11.6. The monoisotopic (exact) mass is 491 g/mol. The second kappa shape index (κ2) is 10.4. The van der Waals surface area contributed by atoms with E-state index < -0.39 is 10.0 Å². The van der Waals surface area contributed by atoms with Crippen molar-refractivity contribution < 1.29 is 18.0 Å². The van der Waals surface area contributed by atoms with Crippen molar-refractivity contribution in [3.8, 4) is 0 Å². The molecule has 8 heteroatoms. The number of benzene rings is 3. The molecule has 0 aliphatic carbocycles. The van der Waals surface area contributed by atoms with Gasteiger partial charge in [0.2, 0.25) is 15.9 Å². The van der Waals surface area contributed by atoms with Crippen molar-refractivity contribution in [1.82, 2.24) is 4.72 Å². The van der Waals surface area contributed by atoms with Crippen LogP contribution in [-0.2, 0) is 27.8 Å². The van der Waals surface area contributed by atoms with Gasteiger partial charge in [-0.25, -0.2) is 13.1 Å². The molecule has 2 amide bonds. The Kier molecular flexibility index (Phi) is 7.33. The molecule has 182 valence electrons. The Bertz CT molecular complexity index is 1320. The van der Waals surface area contributed by atoms with E-state index in [0.717, 1.165) is 23.2 Å². The highest BCUT2D eigenvalue weighted by Crippen LogP contribution is 2.30. The Morgan fingerprint density at radius 2 is 1.69 bits per heavy atom. The lowest BCUT2D eigenvalue weighted by Crippen LogP contribution is -2.28. The highest BCUT2D eigenvalue weighted by atomic mass is 32.2. The number of fused-ring (bicyclic) bond motifs is 1. The SMILES string of the molecule is CC(C)CC(=O)Nc1ccc(S(=O)(=O)NCc2ccc3c(c2)CCN3C(=O)c2ccccc2)cc1. The van der Waals surface area contributed by atoms with Gasteiger partial charge in [-0.2, -0.15) is 0 Å². The number of rotatable bonds is 8. The van der Waals surface area contributed by atoms with Gasteiger partial charge in [0, 0.05) is 36.4 Å². The summed E-state index contributed by atoms with van der Waals surface area (Å²) in [5, 5.41) is 2.77. The van der Waals surface area contributed by atoms with Crippen molar-refractivity contribution >= 4 is 33.2 Å². The maximum absolute atomic E-state index is 12.8. The third kappa shape index (κ3) is 5.96.